The van der Waals surface area contributed by atoms with Crippen molar-refractivity contribution in [2.24, 2.45) is 11.7 Å². The summed E-state index contributed by atoms with van der Waals surface area (Å²) in [7, 11) is 0. The van der Waals surface area contributed by atoms with E-state index in [2.05, 4.69) is 32.8 Å². The van der Waals surface area contributed by atoms with Crippen LogP contribution in [0.4, 0.5) is 0 Å². The second kappa shape index (κ2) is 5.69. The van der Waals surface area contributed by atoms with E-state index in [4.69, 9.17) is 17.3 Å². The molecule has 2 atom stereocenters. The van der Waals surface area contributed by atoms with Gasteiger partial charge in [0, 0.05) is 12.1 Å². The van der Waals surface area contributed by atoms with E-state index in [0.717, 1.165) is 18.5 Å². The molecule has 0 spiro atoms. The summed E-state index contributed by atoms with van der Waals surface area (Å²) in [6.07, 6.45) is 3.78. The Kier molecular flexibility index (Phi) is 4.81. The first-order chi connectivity index (χ1) is 7.47. The third-order valence-electron chi connectivity index (χ3n) is 2.98. The van der Waals surface area contributed by atoms with Crippen LogP contribution in [0.3, 0.4) is 0 Å². The summed E-state index contributed by atoms with van der Waals surface area (Å²) < 4.78 is 1.93. The van der Waals surface area contributed by atoms with E-state index in [1.807, 2.05) is 4.68 Å². The minimum absolute atomic E-state index is 0.0210. The highest BCUT2D eigenvalue weighted by Crippen LogP contribution is 2.28. The lowest BCUT2D eigenvalue weighted by Gasteiger charge is -2.19. The number of hydrogen-bond acceptors (Lipinski definition) is 2. The van der Waals surface area contributed by atoms with Crippen LogP contribution in [0.25, 0.3) is 0 Å². The molecule has 2 N–H and O–H groups in total. The number of hydrogen-bond donors (Lipinski definition) is 1. The highest BCUT2D eigenvalue weighted by Gasteiger charge is 2.19. The van der Waals surface area contributed by atoms with Crippen LogP contribution in [-0.2, 0) is 0 Å². The highest BCUT2D eigenvalue weighted by atomic mass is 35.5. The predicted molar refractivity (Wildman–Crippen MR) is 68.6 cm³/mol. The van der Waals surface area contributed by atoms with Gasteiger partial charge < -0.3 is 5.73 Å². The lowest BCUT2D eigenvalue weighted by atomic mass is 9.98. The number of rotatable bonds is 5. The summed E-state index contributed by atoms with van der Waals surface area (Å²) in [6.45, 7) is 8.56. The summed E-state index contributed by atoms with van der Waals surface area (Å²) in [5.74, 6) is 0.613. The second-order valence-electron chi connectivity index (χ2n) is 4.77. The van der Waals surface area contributed by atoms with Crippen molar-refractivity contribution in [2.45, 2.75) is 52.6 Å². The standard InChI is InChI=1S/C12H22ClN3/c1-5-9(4)6-11(14)12-10(13)7-15-16(12)8(2)3/h7-9,11H,5-6,14H2,1-4H3. The first kappa shape index (κ1) is 13.5. The fourth-order valence-corrected chi connectivity index (χ4v) is 2.09. The van der Waals surface area contributed by atoms with E-state index in [0.29, 0.717) is 17.0 Å². The molecule has 0 aliphatic carbocycles. The van der Waals surface area contributed by atoms with Gasteiger partial charge in [0.25, 0.3) is 0 Å². The summed E-state index contributed by atoms with van der Waals surface area (Å²) >= 11 is 6.15. The zero-order chi connectivity index (χ0) is 12.3. The maximum atomic E-state index is 6.21. The minimum Gasteiger partial charge on any atom is -0.323 e. The highest BCUT2D eigenvalue weighted by molar-refractivity contribution is 6.31. The van der Waals surface area contributed by atoms with Crippen LogP contribution in [0.15, 0.2) is 6.20 Å². The van der Waals surface area contributed by atoms with Crippen molar-refractivity contribution in [3.05, 3.63) is 16.9 Å². The maximum absolute atomic E-state index is 6.21. The van der Waals surface area contributed by atoms with Crippen LogP contribution in [0.2, 0.25) is 5.02 Å². The third-order valence-corrected chi connectivity index (χ3v) is 3.27. The maximum Gasteiger partial charge on any atom is 0.0834 e. The number of nitrogens with two attached hydrogens (primary N) is 1. The van der Waals surface area contributed by atoms with Gasteiger partial charge in [0.2, 0.25) is 0 Å². The fourth-order valence-electron chi connectivity index (χ4n) is 1.82. The van der Waals surface area contributed by atoms with Gasteiger partial charge in [0.15, 0.2) is 0 Å². The van der Waals surface area contributed by atoms with Crippen LogP contribution < -0.4 is 5.73 Å². The quantitative estimate of drug-likeness (QED) is 0.860. The van der Waals surface area contributed by atoms with Gasteiger partial charge in [0.05, 0.1) is 16.9 Å². The van der Waals surface area contributed by atoms with Crippen LogP contribution in [0.5, 0.6) is 0 Å². The Morgan fingerprint density at radius 2 is 2.06 bits per heavy atom. The summed E-state index contributed by atoms with van der Waals surface area (Å²) in [4.78, 5) is 0. The molecule has 0 radical (unpaired) electrons. The molecule has 3 nitrogen and oxygen atoms in total. The van der Waals surface area contributed by atoms with Crippen molar-refractivity contribution in [2.75, 3.05) is 0 Å². The minimum atomic E-state index is -0.0210. The van der Waals surface area contributed by atoms with Crippen molar-refractivity contribution < 1.29 is 0 Å². The number of aromatic nitrogens is 2. The first-order valence-electron chi connectivity index (χ1n) is 5.95. The Morgan fingerprint density at radius 1 is 1.44 bits per heavy atom. The molecule has 2 unspecified atom stereocenters. The van der Waals surface area contributed by atoms with E-state index in [1.54, 1.807) is 6.20 Å². The molecule has 4 heteroatoms. The van der Waals surface area contributed by atoms with Crippen molar-refractivity contribution in [1.82, 2.24) is 9.78 Å². The van der Waals surface area contributed by atoms with Crippen molar-refractivity contribution in [3.63, 3.8) is 0 Å². The zero-order valence-electron chi connectivity index (χ0n) is 10.6. The van der Waals surface area contributed by atoms with Crippen molar-refractivity contribution in [3.8, 4) is 0 Å². The van der Waals surface area contributed by atoms with E-state index >= 15 is 0 Å². The molecular weight excluding hydrogens is 222 g/mol. The number of nitrogens with zero attached hydrogens (tertiary/aromatic N) is 2. The Hall–Kier alpha value is -0.540. The first-order valence-corrected chi connectivity index (χ1v) is 6.33. The molecule has 1 heterocycles. The Labute approximate surface area is 103 Å². The van der Waals surface area contributed by atoms with Crippen LogP contribution in [0.1, 0.15) is 58.3 Å². The molecule has 0 saturated carbocycles. The van der Waals surface area contributed by atoms with Gasteiger partial charge in [-0.1, -0.05) is 31.9 Å². The van der Waals surface area contributed by atoms with Crippen molar-refractivity contribution >= 4 is 11.6 Å². The predicted octanol–water partition coefficient (Wildman–Crippen LogP) is 3.55. The molecule has 0 aliphatic heterocycles. The Morgan fingerprint density at radius 3 is 2.56 bits per heavy atom. The Bertz CT molecular complexity index is 333. The lowest BCUT2D eigenvalue weighted by Crippen LogP contribution is -2.20. The third kappa shape index (κ3) is 2.98. The molecule has 1 aromatic heterocycles. The summed E-state index contributed by atoms with van der Waals surface area (Å²) in [5, 5.41) is 4.96. The van der Waals surface area contributed by atoms with Gasteiger partial charge in [-0.15, -0.1) is 0 Å². The van der Waals surface area contributed by atoms with Gasteiger partial charge >= 0.3 is 0 Å². The molecule has 0 amide bonds. The van der Waals surface area contributed by atoms with E-state index in [-0.39, 0.29) is 6.04 Å². The van der Waals surface area contributed by atoms with E-state index in [9.17, 15) is 0 Å². The van der Waals surface area contributed by atoms with Gasteiger partial charge in [-0.05, 0) is 26.2 Å². The molecule has 1 rings (SSSR count). The molecule has 0 bridgehead atoms. The van der Waals surface area contributed by atoms with Gasteiger partial charge in [-0.2, -0.15) is 5.10 Å². The molecule has 92 valence electrons. The van der Waals surface area contributed by atoms with Crippen LogP contribution >= 0.6 is 11.6 Å². The summed E-state index contributed by atoms with van der Waals surface area (Å²) in [6, 6.07) is 0.276. The second-order valence-corrected chi connectivity index (χ2v) is 5.18. The largest absolute Gasteiger partial charge is 0.323 e. The molecular formula is C12H22ClN3. The smallest absolute Gasteiger partial charge is 0.0834 e. The average Bonchev–Trinajstić information content (AvgIpc) is 2.59. The molecule has 0 aromatic carbocycles. The monoisotopic (exact) mass is 243 g/mol. The number of halogens is 1. The fraction of sp³-hybridized carbons (Fsp3) is 0.750. The summed E-state index contributed by atoms with van der Waals surface area (Å²) in [5.41, 5.74) is 7.18. The average molecular weight is 244 g/mol. The molecule has 0 saturated heterocycles. The van der Waals surface area contributed by atoms with Gasteiger partial charge in [-0.25, -0.2) is 0 Å². The topological polar surface area (TPSA) is 43.8 Å². The lowest BCUT2D eigenvalue weighted by molar-refractivity contribution is 0.421. The normalized spacial score (nSPS) is 15.4. The zero-order valence-corrected chi connectivity index (χ0v) is 11.3. The molecule has 0 fully saturated rings. The molecule has 16 heavy (non-hydrogen) atoms. The Balaban J connectivity index is 2.89. The van der Waals surface area contributed by atoms with E-state index < -0.39 is 0 Å². The van der Waals surface area contributed by atoms with Crippen LogP contribution in [-0.4, -0.2) is 9.78 Å². The van der Waals surface area contributed by atoms with E-state index in [1.165, 1.54) is 0 Å². The SMILES string of the molecule is CCC(C)CC(N)c1c(Cl)cnn1C(C)C. The van der Waals surface area contributed by atoms with Crippen LogP contribution in [0, 0.1) is 5.92 Å². The van der Waals surface area contributed by atoms with Crippen molar-refractivity contribution in [1.29, 1.82) is 0 Å². The molecule has 0 aliphatic rings. The van der Waals surface area contributed by atoms with Gasteiger partial charge in [0.1, 0.15) is 0 Å². The van der Waals surface area contributed by atoms with Gasteiger partial charge in [-0.3, -0.25) is 4.68 Å². The molecule has 1 aromatic rings.